The minimum absolute atomic E-state index is 0.389. The van der Waals surface area contributed by atoms with Crippen LogP contribution in [0.2, 0.25) is 0 Å². The van der Waals surface area contributed by atoms with Crippen molar-refractivity contribution in [3.8, 4) is 0 Å². The highest BCUT2D eigenvalue weighted by atomic mass is 32.1. The van der Waals surface area contributed by atoms with Gasteiger partial charge in [-0.15, -0.1) is 11.3 Å². The summed E-state index contributed by atoms with van der Waals surface area (Å²) in [6.45, 7) is 4.48. The Morgan fingerprint density at radius 1 is 1.38 bits per heavy atom. The van der Waals surface area contributed by atoms with E-state index in [0.717, 1.165) is 6.42 Å². The zero-order valence-electron chi connectivity index (χ0n) is 10.3. The van der Waals surface area contributed by atoms with E-state index in [0.29, 0.717) is 12.0 Å². The molecular weight excluding hydrogens is 218 g/mol. The van der Waals surface area contributed by atoms with Crippen molar-refractivity contribution < 1.29 is 0 Å². The van der Waals surface area contributed by atoms with Gasteiger partial charge in [-0.25, -0.2) is 0 Å². The van der Waals surface area contributed by atoms with Crippen molar-refractivity contribution in [2.45, 2.75) is 52.0 Å². The van der Waals surface area contributed by atoms with Crippen LogP contribution in [0, 0.1) is 5.92 Å². The smallest absolute Gasteiger partial charge is 0.0794 e. The summed E-state index contributed by atoms with van der Waals surface area (Å²) in [4.78, 5) is 5.43. The molecule has 4 heteroatoms. The topological polar surface area (TPSA) is 50.9 Å². The van der Waals surface area contributed by atoms with E-state index in [1.807, 2.05) is 11.7 Å². The molecule has 0 radical (unpaired) electrons. The quantitative estimate of drug-likeness (QED) is 0.543. The van der Waals surface area contributed by atoms with Gasteiger partial charge in [0.05, 0.1) is 5.51 Å². The first-order chi connectivity index (χ1) is 7.81. The number of nitrogens with two attached hydrogens (primary N) is 1. The predicted molar refractivity (Wildman–Crippen MR) is 70.2 cm³/mol. The highest BCUT2D eigenvalue weighted by Crippen LogP contribution is 2.21. The van der Waals surface area contributed by atoms with Crippen LogP contribution in [0.15, 0.2) is 11.7 Å². The van der Waals surface area contributed by atoms with Crippen LogP contribution < -0.4 is 11.3 Å². The lowest BCUT2D eigenvalue weighted by molar-refractivity contribution is 0.312. The van der Waals surface area contributed by atoms with E-state index in [1.165, 1.54) is 30.6 Å². The highest BCUT2D eigenvalue weighted by Gasteiger charge is 2.19. The fourth-order valence-corrected chi connectivity index (χ4v) is 2.86. The molecular formula is C12H23N3S. The van der Waals surface area contributed by atoms with Gasteiger partial charge in [-0.1, -0.05) is 26.7 Å². The Kier molecular flexibility index (Phi) is 6.61. The summed E-state index contributed by atoms with van der Waals surface area (Å²) < 4.78 is 0. The van der Waals surface area contributed by atoms with Gasteiger partial charge in [0.25, 0.3) is 0 Å². The zero-order chi connectivity index (χ0) is 11.8. The average Bonchev–Trinajstić information content (AvgIpc) is 2.78. The van der Waals surface area contributed by atoms with Gasteiger partial charge in [0.2, 0.25) is 0 Å². The Morgan fingerprint density at radius 2 is 2.06 bits per heavy atom. The first-order valence-corrected chi connectivity index (χ1v) is 7.03. The Labute approximate surface area is 102 Å². The molecule has 16 heavy (non-hydrogen) atoms. The molecule has 1 aromatic heterocycles. The van der Waals surface area contributed by atoms with Crippen molar-refractivity contribution in [3.63, 3.8) is 0 Å². The van der Waals surface area contributed by atoms with Crippen molar-refractivity contribution in [2.75, 3.05) is 0 Å². The summed E-state index contributed by atoms with van der Waals surface area (Å²) in [5.74, 6) is 6.37. The summed E-state index contributed by atoms with van der Waals surface area (Å²) >= 11 is 1.71. The predicted octanol–water partition coefficient (Wildman–Crippen LogP) is 2.73. The average molecular weight is 241 g/mol. The summed E-state index contributed by atoms with van der Waals surface area (Å²) in [6.07, 6.45) is 7.91. The number of nitrogens with zero attached hydrogens (tertiary/aromatic N) is 1. The molecule has 92 valence electrons. The van der Waals surface area contributed by atoms with E-state index < -0.39 is 0 Å². The van der Waals surface area contributed by atoms with Gasteiger partial charge in [0.15, 0.2) is 0 Å². The van der Waals surface area contributed by atoms with Crippen molar-refractivity contribution in [3.05, 3.63) is 16.6 Å². The van der Waals surface area contributed by atoms with Crippen LogP contribution in [-0.2, 0) is 6.42 Å². The molecule has 0 bridgehead atoms. The summed E-state index contributed by atoms with van der Waals surface area (Å²) in [6, 6.07) is 0.389. The Balaban J connectivity index is 2.55. The number of aromatic nitrogens is 1. The SMILES string of the molecule is CCCC(CCC)C(Cc1cncs1)NN. The van der Waals surface area contributed by atoms with Crippen LogP contribution >= 0.6 is 11.3 Å². The fourth-order valence-electron chi connectivity index (χ4n) is 2.21. The maximum Gasteiger partial charge on any atom is 0.0794 e. The number of nitrogens with one attached hydrogen (secondary N) is 1. The van der Waals surface area contributed by atoms with Crippen molar-refractivity contribution >= 4 is 11.3 Å². The number of thiazole rings is 1. The molecule has 1 atom stereocenters. The summed E-state index contributed by atoms with van der Waals surface area (Å²) in [5, 5.41) is 0. The second-order valence-corrected chi connectivity index (χ2v) is 5.25. The van der Waals surface area contributed by atoms with E-state index >= 15 is 0 Å². The molecule has 0 saturated heterocycles. The van der Waals surface area contributed by atoms with Gasteiger partial charge in [-0.3, -0.25) is 16.3 Å². The van der Waals surface area contributed by atoms with E-state index in [1.54, 1.807) is 11.3 Å². The molecule has 1 rings (SSSR count). The normalized spacial score (nSPS) is 13.2. The van der Waals surface area contributed by atoms with E-state index in [9.17, 15) is 0 Å². The summed E-state index contributed by atoms with van der Waals surface area (Å²) in [7, 11) is 0. The van der Waals surface area contributed by atoms with Gasteiger partial charge >= 0.3 is 0 Å². The number of rotatable bonds is 8. The van der Waals surface area contributed by atoms with Crippen LogP contribution in [-0.4, -0.2) is 11.0 Å². The van der Waals surface area contributed by atoms with E-state index in [2.05, 4.69) is 24.3 Å². The third-order valence-corrected chi connectivity index (χ3v) is 3.81. The van der Waals surface area contributed by atoms with Gasteiger partial charge < -0.3 is 0 Å². The Morgan fingerprint density at radius 3 is 2.50 bits per heavy atom. The number of hydrogen-bond acceptors (Lipinski definition) is 4. The minimum Gasteiger partial charge on any atom is -0.271 e. The highest BCUT2D eigenvalue weighted by molar-refractivity contribution is 7.09. The third-order valence-electron chi connectivity index (χ3n) is 3.01. The molecule has 0 aliphatic rings. The molecule has 0 fully saturated rings. The lowest BCUT2D eigenvalue weighted by Gasteiger charge is -2.25. The Bertz CT molecular complexity index is 255. The van der Waals surface area contributed by atoms with E-state index in [-0.39, 0.29) is 0 Å². The third kappa shape index (κ3) is 4.20. The molecule has 1 heterocycles. The fraction of sp³-hybridized carbons (Fsp3) is 0.750. The first kappa shape index (κ1) is 13.6. The number of hydrogen-bond donors (Lipinski definition) is 2. The van der Waals surface area contributed by atoms with Gasteiger partial charge in [0, 0.05) is 23.5 Å². The molecule has 0 aliphatic heterocycles. The maximum absolute atomic E-state index is 5.69. The van der Waals surface area contributed by atoms with Crippen molar-refractivity contribution in [2.24, 2.45) is 11.8 Å². The van der Waals surface area contributed by atoms with Crippen LogP contribution in [0.5, 0.6) is 0 Å². The van der Waals surface area contributed by atoms with Gasteiger partial charge in [0.1, 0.15) is 0 Å². The molecule has 0 aromatic carbocycles. The minimum atomic E-state index is 0.389. The van der Waals surface area contributed by atoms with Crippen molar-refractivity contribution in [1.82, 2.24) is 10.4 Å². The molecule has 3 nitrogen and oxygen atoms in total. The lowest BCUT2D eigenvalue weighted by Crippen LogP contribution is -2.42. The molecule has 0 amide bonds. The van der Waals surface area contributed by atoms with Gasteiger partial charge in [-0.05, 0) is 18.8 Å². The summed E-state index contributed by atoms with van der Waals surface area (Å²) in [5.41, 5.74) is 4.88. The molecule has 1 unspecified atom stereocenters. The molecule has 3 N–H and O–H groups in total. The van der Waals surface area contributed by atoms with Crippen LogP contribution in [0.25, 0.3) is 0 Å². The standard InChI is InChI=1S/C12H23N3S/c1-3-5-10(6-4-2)12(15-13)7-11-8-14-9-16-11/h8-10,12,15H,3-7,13H2,1-2H3. The van der Waals surface area contributed by atoms with Crippen LogP contribution in [0.3, 0.4) is 0 Å². The second-order valence-electron chi connectivity index (χ2n) is 4.28. The monoisotopic (exact) mass is 241 g/mol. The lowest BCUT2D eigenvalue weighted by atomic mass is 9.89. The van der Waals surface area contributed by atoms with E-state index in [4.69, 9.17) is 5.84 Å². The van der Waals surface area contributed by atoms with Gasteiger partial charge in [-0.2, -0.15) is 0 Å². The molecule has 0 spiro atoms. The first-order valence-electron chi connectivity index (χ1n) is 6.15. The van der Waals surface area contributed by atoms with Crippen LogP contribution in [0.4, 0.5) is 0 Å². The second kappa shape index (κ2) is 7.76. The molecule has 0 aliphatic carbocycles. The van der Waals surface area contributed by atoms with Crippen LogP contribution in [0.1, 0.15) is 44.4 Å². The van der Waals surface area contributed by atoms with Crippen molar-refractivity contribution in [1.29, 1.82) is 0 Å². The Hall–Kier alpha value is -0.450. The largest absolute Gasteiger partial charge is 0.271 e. The molecule has 0 saturated carbocycles. The maximum atomic E-state index is 5.69. The zero-order valence-corrected chi connectivity index (χ0v) is 11.1. The number of hydrazine groups is 1. The molecule has 1 aromatic rings.